The van der Waals surface area contributed by atoms with Crippen molar-refractivity contribution < 1.29 is 0 Å². The van der Waals surface area contributed by atoms with E-state index in [1.807, 2.05) is 0 Å². The molecule has 0 aliphatic heterocycles. The van der Waals surface area contributed by atoms with Crippen LogP contribution in [0, 0.1) is 70.0 Å². The van der Waals surface area contributed by atoms with Crippen molar-refractivity contribution in [1.82, 2.24) is 0 Å². The normalized spacial score (nSPS) is 81.5. The summed E-state index contributed by atoms with van der Waals surface area (Å²) >= 11 is 0. The molecule has 0 aromatic heterocycles. The molecule has 12 atom stereocenters. The smallest absolute Gasteiger partial charge is 0.0173 e. The summed E-state index contributed by atoms with van der Waals surface area (Å²) in [5.41, 5.74) is 1.70. The van der Waals surface area contributed by atoms with Crippen molar-refractivity contribution in [2.45, 2.75) is 47.0 Å². The summed E-state index contributed by atoms with van der Waals surface area (Å²) in [5, 5.41) is 0. The lowest BCUT2D eigenvalue weighted by molar-refractivity contribution is -0.0905. The highest BCUT2D eigenvalue weighted by atomic mass is 14.9. The van der Waals surface area contributed by atoms with Crippen molar-refractivity contribution in [3.63, 3.8) is 0 Å². The van der Waals surface area contributed by atoms with Crippen LogP contribution in [0.25, 0.3) is 0 Å². The summed E-state index contributed by atoms with van der Waals surface area (Å²) < 4.78 is 0. The van der Waals surface area contributed by atoms with Crippen molar-refractivity contribution in [2.24, 2.45) is 70.0 Å². The molecule has 0 N–H and O–H groups in total. The maximum Gasteiger partial charge on any atom is -0.0173 e. The number of hydrogen-bond acceptors (Lipinski definition) is 0. The zero-order chi connectivity index (χ0) is 12.9. The molecule has 0 radical (unpaired) electrons. The summed E-state index contributed by atoms with van der Waals surface area (Å²) in [4.78, 5) is 0. The van der Waals surface area contributed by atoms with Crippen molar-refractivity contribution in [1.29, 1.82) is 0 Å². The van der Waals surface area contributed by atoms with Crippen LogP contribution in [-0.2, 0) is 0 Å². The van der Waals surface area contributed by atoms with Crippen LogP contribution in [0.5, 0.6) is 0 Å². The second-order valence-electron chi connectivity index (χ2n) is 9.80. The summed E-state index contributed by atoms with van der Waals surface area (Å²) in [6, 6.07) is 0. The largest absolute Gasteiger partial charge is 0.0619 e. The highest BCUT2D eigenvalue weighted by molar-refractivity contribution is 5.35. The highest BCUT2D eigenvalue weighted by Crippen LogP contribution is 2.93. The third-order valence-corrected chi connectivity index (χ3v) is 10.1. The summed E-state index contributed by atoms with van der Waals surface area (Å²) in [5.74, 6) is 11.3. The Morgan fingerprint density at radius 3 is 1.84 bits per heavy atom. The van der Waals surface area contributed by atoms with Gasteiger partial charge in [-0.25, -0.2) is 0 Å². The number of hydrogen-bond donors (Lipinski definition) is 0. The monoisotopic (exact) mass is 256 g/mol. The Morgan fingerprint density at radius 1 is 0.684 bits per heavy atom. The molecule has 0 amide bonds. The van der Waals surface area contributed by atoms with Gasteiger partial charge in [-0.15, -0.1) is 0 Å². The molecule has 0 saturated heterocycles. The molecule has 0 heteroatoms. The minimum Gasteiger partial charge on any atom is -0.0619 e. The lowest BCUT2D eigenvalue weighted by Crippen LogP contribution is -2.51. The van der Waals surface area contributed by atoms with Crippen molar-refractivity contribution in [2.75, 3.05) is 0 Å². The summed E-state index contributed by atoms with van der Waals surface area (Å²) in [6.45, 7) is 10.4. The van der Waals surface area contributed by atoms with E-state index in [0.717, 1.165) is 58.2 Å². The van der Waals surface area contributed by atoms with Gasteiger partial charge in [0.2, 0.25) is 0 Å². The molecule has 19 heavy (non-hydrogen) atoms. The molecule has 0 aromatic carbocycles. The van der Waals surface area contributed by atoms with Crippen LogP contribution < -0.4 is 0 Å². The van der Waals surface area contributed by atoms with Crippen LogP contribution in [0.1, 0.15) is 47.0 Å². The first-order valence-electron chi connectivity index (χ1n) is 9.04. The summed E-state index contributed by atoms with van der Waals surface area (Å²) in [7, 11) is 0. The number of rotatable bonds is 0. The van der Waals surface area contributed by atoms with Gasteiger partial charge in [0.05, 0.1) is 0 Å². The average Bonchev–Trinajstić information content (AvgIpc) is 3.19. The molecule has 6 aliphatic rings. The van der Waals surface area contributed by atoms with Crippen LogP contribution in [-0.4, -0.2) is 0 Å². The lowest BCUT2D eigenvalue weighted by atomic mass is 9.47. The van der Waals surface area contributed by atoms with Gasteiger partial charge in [-0.05, 0) is 89.3 Å². The topological polar surface area (TPSA) is 0 Å². The zero-order valence-corrected chi connectivity index (χ0v) is 12.9. The maximum absolute atomic E-state index is 2.68. The molecular formula is C19H28. The van der Waals surface area contributed by atoms with Gasteiger partial charge < -0.3 is 0 Å². The van der Waals surface area contributed by atoms with E-state index in [9.17, 15) is 0 Å². The van der Waals surface area contributed by atoms with Crippen LogP contribution in [0.15, 0.2) is 0 Å². The van der Waals surface area contributed by atoms with Crippen molar-refractivity contribution in [3.05, 3.63) is 0 Å². The molecule has 12 unspecified atom stereocenters. The Labute approximate surface area is 117 Å². The molecule has 6 saturated carbocycles. The Bertz CT molecular complexity index is 490. The van der Waals surface area contributed by atoms with Gasteiger partial charge in [-0.2, -0.15) is 0 Å². The Morgan fingerprint density at radius 2 is 1.32 bits per heavy atom. The van der Waals surface area contributed by atoms with E-state index >= 15 is 0 Å². The van der Waals surface area contributed by atoms with Gasteiger partial charge in [0.25, 0.3) is 0 Å². The van der Waals surface area contributed by atoms with Crippen molar-refractivity contribution >= 4 is 0 Å². The van der Waals surface area contributed by atoms with Gasteiger partial charge in [-0.3, -0.25) is 0 Å². The lowest BCUT2D eigenvalue weighted by Gasteiger charge is -2.56. The Kier molecular flexibility index (Phi) is 1.45. The van der Waals surface area contributed by atoms with Crippen LogP contribution in [0.4, 0.5) is 0 Å². The minimum atomic E-state index is 0.838. The van der Waals surface area contributed by atoms with Crippen LogP contribution in [0.3, 0.4) is 0 Å². The second-order valence-corrected chi connectivity index (χ2v) is 9.80. The van der Waals surface area contributed by atoms with Crippen molar-refractivity contribution in [3.8, 4) is 0 Å². The first kappa shape index (κ1) is 10.7. The predicted octanol–water partition coefficient (Wildman–Crippen LogP) is 4.45. The van der Waals surface area contributed by atoms with E-state index < -0.39 is 0 Å². The van der Waals surface area contributed by atoms with Gasteiger partial charge in [0, 0.05) is 0 Å². The predicted molar refractivity (Wildman–Crippen MR) is 76.3 cm³/mol. The fourth-order valence-electron chi connectivity index (χ4n) is 9.28. The van der Waals surface area contributed by atoms with E-state index in [-0.39, 0.29) is 0 Å². The average molecular weight is 256 g/mol. The molecule has 0 bridgehead atoms. The maximum atomic E-state index is 2.68. The minimum absolute atomic E-state index is 0.838. The van der Waals surface area contributed by atoms with E-state index in [1.54, 1.807) is 19.3 Å². The Balaban J connectivity index is 1.48. The Hall–Kier alpha value is 0. The van der Waals surface area contributed by atoms with E-state index in [1.165, 1.54) is 11.8 Å². The van der Waals surface area contributed by atoms with E-state index in [0.29, 0.717) is 0 Å². The third-order valence-electron chi connectivity index (χ3n) is 10.1. The molecule has 0 aromatic rings. The SMILES string of the molecule is CC1C2CC3(C(C)C12)C1C(C)C1CC31CC2C(C)C21. The first-order valence-corrected chi connectivity index (χ1v) is 9.04. The molecule has 104 valence electrons. The number of fused-ring (bicyclic) bond motifs is 6. The highest BCUT2D eigenvalue weighted by Gasteiger charge is 2.87. The first-order chi connectivity index (χ1) is 9.04. The van der Waals surface area contributed by atoms with E-state index in [2.05, 4.69) is 27.7 Å². The zero-order valence-electron chi connectivity index (χ0n) is 12.9. The fraction of sp³-hybridized carbons (Fsp3) is 1.00. The molecule has 0 heterocycles. The molecule has 0 nitrogen and oxygen atoms in total. The van der Waals surface area contributed by atoms with Gasteiger partial charge >= 0.3 is 0 Å². The van der Waals surface area contributed by atoms with E-state index in [4.69, 9.17) is 0 Å². The third kappa shape index (κ3) is 0.798. The standard InChI is InChI=1S/C19H28/c1-8-12-7-19(11(4)15(8)12)17-10(3)14(17)6-18(19)5-13-9(2)16(13)18/h8-17H,5-7H2,1-4H3. The van der Waals surface area contributed by atoms with Crippen LogP contribution >= 0.6 is 0 Å². The van der Waals surface area contributed by atoms with Gasteiger partial charge in [0.15, 0.2) is 0 Å². The molecule has 6 aliphatic carbocycles. The summed E-state index contributed by atoms with van der Waals surface area (Å²) in [6.07, 6.45) is 4.96. The second kappa shape index (κ2) is 2.57. The molecular weight excluding hydrogens is 228 g/mol. The molecule has 6 fully saturated rings. The van der Waals surface area contributed by atoms with Gasteiger partial charge in [0.1, 0.15) is 0 Å². The fourth-order valence-corrected chi connectivity index (χ4v) is 9.28. The van der Waals surface area contributed by atoms with Gasteiger partial charge in [-0.1, -0.05) is 27.7 Å². The molecule has 6 rings (SSSR count). The van der Waals surface area contributed by atoms with Crippen LogP contribution in [0.2, 0.25) is 0 Å². The molecule has 2 spiro atoms. The quantitative estimate of drug-likeness (QED) is 0.600.